The van der Waals surface area contributed by atoms with Crippen LogP contribution in [0.4, 0.5) is 0 Å². The molecule has 0 spiro atoms. The quantitative estimate of drug-likeness (QED) is 0.588. The highest BCUT2D eigenvalue weighted by molar-refractivity contribution is 6.22. The summed E-state index contributed by atoms with van der Waals surface area (Å²) < 4.78 is 0. The van der Waals surface area contributed by atoms with Gasteiger partial charge in [0.05, 0.1) is 11.1 Å². The number of nitrogens with zero attached hydrogens (tertiary/aromatic N) is 1. The molecular weight excluding hydrogens is 354 g/mol. The molecule has 0 aliphatic carbocycles. The minimum Gasteiger partial charge on any atom is -0.348 e. The molecule has 0 radical (unpaired) electrons. The number of carbonyl (C=O) groups is 3. The Labute approximate surface area is 159 Å². The summed E-state index contributed by atoms with van der Waals surface area (Å²) in [7, 11) is 0. The molecule has 6 nitrogen and oxygen atoms in total. The average molecular weight is 378 g/mol. The van der Waals surface area contributed by atoms with E-state index in [-0.39, 0.29) is 30.1 Å². The van der Waals surface area contributed by atoms with E-state index in [1.165, 1.54) is 16.5 Å². The van der Waals surface area contributed by atoms with Gasteiger partial charge < -0.3 is 10.6 Å². The predicted molar refractivity (Wildman–Crippen MR) is 102 cm³/mol. The first-order chi connectivity index (χ1) is 12.1. The van der Waals surface area contributed by atoms with Crippen LogP contribution in [0.3, 0.4) is 0 Å². The molecule has 0 saturated carbocycles. The first kappa shape index (κ1) is 20.1. The second kappa shape index (κ2) is 8.96. The van der Waals surface area contributed by atoms with Crippen LogP contribution in [-0.2, 0) is 0 Å². The first-order valence-corrected chi connectivity index (χ1v) is 8.79. The number of benzene rings is 1. The van der Waals surface area contributed by atoms with Gasteiger partial charge in [0.2, 0.25) is 0 Å². The van der Waals surface area contributed by atoms with E-state index in [4.69, 9.17) is 0 Å². The highest BCUT2D eigenvalue weighted by atomic mass is 35.5. The second-order valence-corrected chi connectivity index (χ2v) is 6.38. The van der Waals surface area contributed by atoms with Gasteiger partial charge >= 0.3 is 0 Å². The maximum absolute atomic E-state index is 12.5. The van der Waals surface area contributed by atoms with Crippen molar-refractivity contribution in [2.24, 2.45) is 0 Å². The molecule has 2 aliphatic rings. The number of fused-ring (bicyclic) bond motifs is 1. The van der Waals surface area contributed by atoms with Gasteiger partial charge in [0.25, 0.3) is 17.7 Å². The molecule has 2 aliphatic heterocycles. The van der Waals surface area contributed by atoms with Gasteiger partial charge in [-0.3, -0.25) is 19.3 Å². The van der Waals surface area contributed by atoms with Gasteiger partial charge in [-0.05, 0) is 37.6 Å². The Balaban J connectivity index is 0.00000243. The Morgan fingerprint density at radius 2 is 2.00 bits per heavy atom. The summed E-state index contributed by atoms with van der Waals surface area (Å²) in [6.45, 7) is 4.69. The normalized spacial score (nSPS) is 16.0. The number of hydrogen-bond donors (Lipinski definition) is 2. The lowest BCUT2D eigenvalue weighted by atomic mass is 10.0. The van der Waals surface area contributed by atoms with Crippen LogP contribution in [0, 0.1) is 0 Å². The van der Waals surface area contributed by atoms with E-state index >= 15 is 0 Å². The Morgan fingerprint density at radius 3 is 2.69 bits per heavy atom. The molecule has 0 saturated heterocycles. The van der Waals surface area contributed by atoms with Gasteiger partial charge in [0.15, 0.2) is 0 Å². The fraction of sp³-hybridized carbons (Fsp3) is 0.421. The molecule has 0 atom stereocenters. The van der Waals surface area contributed by atoms with Crippen molar-refractivity contribution in [3.05, 3.63) is 46.5 Å². The minimum absolute atomic E-state index is 0. The number of carbonyl (C=O) groups excluding carboxylic acids is 3. The summed E-state index contributed by atoms with van der Waals surface area (Å²) >= 11 is 0. The highest BCUT2D eigenvalue weighted by Gasteiger charge is 2.35. The van der Waals surface area contributed by atoms with Crippen molar-refractivity contribution in [2.45, 2.75) is 26.2 Å². The predicted octanol–water partition coefficient (Wildman–Crippen LogP) is 2.15. The van der Waals surface area contributed by atoms with Crippen molar-refractivity contribution in [3.63, 3.8) is 0 Å². The number of hydrogen-bond acceptors (Lipinski definition) is 4. The van der Waals surface area contributed by atoms with Crippen molar-refractivity contribution in [1.29, 1.82) is 0 Å². The number of imide groups is 1. The third-order valence-electron chi connectivity index (χ3n) is 4.60. The first-order valence-electron chi connectivity index (χ1n) is 8.79. The molecule has 3 amide bonds. The van der Waals surface area contributed by atoms with Crippen molar-refractivity contribution < 1.29 is 14.4 Å². The van der Waals surface area contributed by atoms with Gasteiger partial charge in [0, 0.05) is 25.2 Å². The minimum atomic E-state index is -0.302. The molecule has 0 bridgehead atoms. The number of nitrogens with one attached hydrogen (secondary N) is 2. The molecule has 0 aromatic heterocycles. The van der Waals surface area contributed by atoms with E-state index < -0.39 is 0 Å². The van der Waals surface area contributed by atoms with Crippen LogP contribution in [0.2, 0.25) is 0 Å². The van der Waals surface area contributed by atoms with Crippen LogP contribution < -0.4 is 10.6 Å². The monoisotopic (exact) mass is 377 g/mol. The van der Waals surface area contributed by atoms with E-state index in [0.717, 1.165) is 32.4 Å². The number of amides is 3. The molecular formula is C19H24ClN3O3. The Hall–Kier alpha value is -2.18. The lowest BCUT2D eigenvalue weighted by molar-refractivity contribution is 0.0652. The molecule has 3 rings (SSSR count). The van der Waals surface area contributed by atoms with Crippen LogP contribution in [0.1, 0.15) is 57.3 Å². The van der Waals surface area contributed by atoms with Crippen molar-refractivity contribution in [2.75, 3.05) is 26.2 Å². The second-order valence-electron chi connectivity index (χ2n) is 6.38. The molecule has 140 valence electrons. The van der Waals surface area contributed by atoms with Crippen LogP contribution >= 0.6 is 12.4 Å². The average Bonchev–Trinajstić information content (AvgIpc) is 2.89. The van der Waals surface area contributed by atoms with Gasteiger partial charge in [-0.15, -0.1) is 12.4 Å². The molecule has 0 unspecified atom stereocenters. The van der Waals surface area contributed by atoms with Crippen LogP contribution in [0.15, 0.2) is 29.8 Å². The highest BCUT2D eigenvalue weighted by Crippen LogP contribution is 2.24. The van der Waals surface area contributed by atoms with Crippen molar-refractivity contribution >= 4 is 30.1 Å². The molecule has 2 heterocycles. The summed E-state index contributed by atoms with van der Waals surface area (Å²) in [4.78, 5) is 38.4. The summed E-state index contributed by atoms with van der Waals surface area (Å²) in [6.07, 6.45) is 4.69. The summed E-state index contributed by atoms with van der Waals surface area (Å²) in [5, 5.41) is 6.11. The number of rotatable bonds is 6. The van der Waals surface area contributed by atoms with Crippen LogP contribution in [0.25, 0.3) is 0 Å². The fourth-order valence-electron chi connectivity index (χ4n) is 3.08. The number of halogens is 1. The molecule has 0 fully saturated rings. The topological polar surface area (TPSA) is 78.5 Å². The van der Waals surface area contributed by atoms with Gasteiger partial charge in [0.1, 0.15) is 0 Å². The number of unbranched alkanes of at least 4 members (excludes halogenated alkanes) is 1. The maximum Gasteiger partial charge on any atom is 0.261 e. The Morgan fingerprint density at radius 1 is 1.23 bits per heavy atom. The smallest absolute Gasteiger partial charge is 0.261 e. The largest absolute Gasteiger partial charge is 0.348 e. The van der Waals surface area contributed by atoms with E-state index in [0.29, 0.717) is 29.8 Å². The van der Waals surface area contributed by atoms with Crippen LogP contribution in [-0.4, -0.2) is 48.8 Å². The zero-order chi connectivity index (χ0) is 17.8. The summed E-state index contributed by atoms with van der Waals surface area (Å²) in [5.74, 6) is -0.793. The zero-order valence-corrected chi connectivity index (χ0v) is 15.7. The summed E-state index contributed by atoms with van der Waals surface area (Å²) in [6, 6.07) is 4.73. The zero-order valence-electron chi connectivity index (χ0n) is 14.8. The summed E-state index contributed by atoms with van der Waals surface area (Å²) in [5.41, 5.74) is 2.32. The van der Waals surface area contributed by atoms with Crippen LogP contribution in [0.5, 0.6) is 0 Å². The standard InChI is InChI=1S/C19H23N3O3.ClH/c1-2-3-10-22-18(24)15-5-4-14(11-16(15)19(22)25)17(23)21-12-13-6-8-20-9-7-13;/h4-6,11,20H,2-3,7-10,12H2,1H3,(H,21,23);1H. The molecule has 7 heteroatoms. The lowest BCUT2D eigenvalue weighted by Crippen LogP contribution is -2.30. The third kappa shape index (κ3) is 4.14. The SMILES string of the molecule is CCCCN1C(=O)c2ccc(C(=O)NCC3=CCNCC3)cc2C1=O.Cl. The molecule has 1 aromatic carbocycles. The molecule has 26 heavy (non-hydrogen) atoms. The van der Waals surface area contributed by atoms with Crippen molar-refractivity contribution in [1.82, 2.24) is 15.5 Å². The van der Waals surface area contributed by atoms with E-state index in [2.05, 4.69) is 16.7 Å². The Kier molecular flexibility index (Phi) is 6.94. The Bertz CT molecular complexity index is 746. The van der Waals surface area contributed by atoms with E-state index in [9.17, 15) is 14.4 Å². The third-order valence-corrected chi connectivity index (χ3v) is 4.60. The van der Waals surface area contributed by atoms with E-state index in [1.807, 2.05) is 6.92 Å². The molecule has 2 N–H and O–H groups in total. The maximum atomic E-state index is 12.5. The van der Waals surface area contributed by atoms with Gasteiger partial charge in [-0.2, -0.15) is 0 Å². The van der Waals surface area contributed by atoms with Gasteiger partial charge in [-0.25, -0.2) is 0 Å². The van der Waals surface area contributed by atoms with Crippen molar-refractivity contribution in [3.8, 4) is 0 Å². The van der Waals surface area contributed by atoms with E-state index in [1.54, 1.807) is 12.1 Å². The lowest BCUT2D eigenvalue weighted by Gasteiger charge is -2.14. The molecule has 1 aromatic rings. The fourth-order valence-corrected chi connectivity index (χ4v) is 3.08. The van der Waals surface area contributed by atoms with Gasteiger partial charge in [-0.1, -0.05) is 25.0 Å².